The Bertz CT molecular complexity index is 432. The first-order valence-corrected chi connectivity index (χ1v) is 8.30. The van der Waals surface area contributed by atoms with E-state index in [1.54, 1.807) is 12.1 Å². The van der Waals surface area contributed by atoms with Gasteiger partial charge in [-0.05, 0) is 63.0 Å². The summed E-state index contributed by atoms with van der Waals surface area (Å²) in [5, 5.41) is 3.48. The summed E-state index contributed by atoms with van der Waals surface area (Å²) in [5.74, 6) is 0.540. The maximum Gasteiger partial charge on any atom is 0.124 e. The van der Waals surface area contributed by atoms with E-state index in [0.29, 0.717) is 6.04 Å². The molecule has 1 aliphatic rings. The average molecular weight is 343 g/mol. The monoisotopic (exact) mass is 342 g/mol. The number of nitrogens with one attached hydrogen (secondary N) is 1. The van der Waals surface area contributed by atoms with Gasteiger partial charge in [-0.2, -0.15) is 0 Å². The molecule has 1 N–H and O–H groups in total. The Hall–Kier alpha value is -0.450. The summed E-state index contributed by atoms with van der Waals surface area (Å²) >= 11 is 3.49. The smallest absolute Gasteiger partial charge is 0.124 e. The van der Waals surface area contributed by atoms with Crippen LogP contribution in [0.1, 0.15) is 38.3 Å². The molecular weight excluding hydrogens is 319 g/mol. The standard InChI is InChI=1S/C16H24BrFN2/c1-3-20(11-13-5-4-8-19-10-13)12(2)15-7-6-14(18)9-16(15)17/h6-7,9,12-13,19H,3-5,8,10-11H2,1-2H3. The normalized spacial score (nSPS) is 21.1. The van der Waals surface area contributed by atoms with Crippen LogP contribution in [0.25, 0.3) is 0 Å². The van der Waals surface area contributed by atoms with Gasteiger partial charge in [0.2, 0.25) is 0 Å². The molecule has 1 aromatic carbocycles. The lowest BCUT2D eigenvalue weighted by atomic mass is 9.97. The van der Waals surface area contributed by atoms with E-state index in [1.165, 1.54) is 12.8 Å². The van der Waals surface area contributed by atoms with Crippen LogP contribution in [0.4, 0.5) is 4.39 Å². The molecule has 2 nitrogen and oxygen atoms in total. The highest BCUT2D eigenvalue weighted by molar-refractivity contribution is 9.10. The van der Waals surface area contributed by atoms with Crippen molar-refractivity contribution in [3.8, 4) is 0 Å². The van der Waals surface area contributed by atoms with Gasteiger partial charge in [0.05, 0.1) is 0 Å². The molecule has 1 aliphatic heterocycles. The fourth-order valence-electron chi connectivity index (χ4n) is 3.01. The Morgan fingerprint density at radius 3 is 2.90 bits per heavy atom. The summed E-state index contributed by atoms with van der Waals surface area (Å²) in [7, 11) is 0. The van der Waals surface area contributed by atoms with Gasteiger partial charge < -0.3 is 5.32 Å². The van der Waals surface area contributed by atoms with Crippen molar-refractivity contribution in [2.75, 3.05) is 26.2 Å². The van der Waals surface area contributed by atoms with E-state index in [4.69, 9.17) is 0 Å². The Labute approximate surface area is 129 Å². The van der Waals surface area contributed by atoms with Crippen molar-refractivity contribution in [3.63, 3.8) is 0 Å². The molecule has 1 heterocycles. The first-order valence-electron chi connectivity index (χ1n) is 7.51. The van der Waals surface area contributed by atoms with E-state index < -0.39 is 0 Å². The Kier molecular flexibility index (Phi) is 6.00. The van der Waals surface area contributed by atoms with Gasteiger partial charge in [-0.25, -0.2) is 4.39 Å². The van der Waals surface area contributed by atoms with Gasteiger partial charge in [0.1, 0.15) is 5.82 Å². The maximum absolute atomic E-state index is 13.2. The maximum atomic E-state index is 13.2. The number of hydrogen-bond donors (Lipinski definition) is 1. The number of hydrogen-bond acceptors (Lipinski definition) is 2. The molecule has 0 amide bonds. The lowest BCUT2D eigenvalue weighted by Gasteiger charge is -2.34. The SMILES string of the molecule is CCN(CC1CCCNC1)C(C)c1ccc(F)cc1Br. The van der Waals surface area contributed by atoms with Crippen LogP contribution in [0.3, 0.4) is 0 Å². The van der Waals surface area contributed by atoms with E-state index in [2.05, 4.69) is 40.0 Å². The molecule has 1 saturated heterocycles. The minimum absolute atomic E-state index is 0.188. The summed E-state index contributed by atoms with van der Waals surface area (Å²) in [6, 6.07) is 5.30. The molecule has 1 fully saturated rings. The number of piperidine rings is 1. The van der Waals surface area contributed by atoms with Crippen molar-refractivity contribution in [1.29, 1.82) is 0 Å². The molecule has 2 atom stereocenters. The summed E-state index contributed by atoms with van der Waals surface area (Å²) in [6.45, 7) is 8.80. The molecule has 0 saturated carbocycles. The molecule has 0 spiro atoms. The van der Waals surface area contributed by atoms with Crippen LogP contribution in [-0.2, 0) is 0 Å². The minimum atomic E-state index is -0.188. The van der Waals surface area contributed by atoms with Gasteiger partial charge in [-0.1, -0.05) is 28.9 Å². The van der Waals surface area contributed by atoms with Gasteiger partial charge in [-0.15, -0.1) is 0 Å². The summed E-state index contributed by atoms with van der Waals surface area (Å²) in [6.07, 6.45) is 2.58. The fraction of sp³-hybridized carbons (Fsp3) is 0.625. The zero-order chi connectivity index (χ0) is 14.5. The third-order valence-electron chi connectivity index (χ3n) is 4.26. The highest BCUT2D eigenvalue weighted by Crippen LogP contribution is 2.29. The van der Waals surface area contributed by atoms with Crippen molar-refractivity contribution in [2.24, 2.45) is 5.92 Å². The van der Waals surface area contributed by atoms with Crippen LogP contribution in [0.5, 0.6) is 0 Å². The van der Waals surface area contributed by atoms with E-state index >= 15 is 0 Å². The Morgan fingerprint density at radius 1 is 1.50 bits per heavy atom. The van der Waals surface area contributed by atoms with Crippen LogP contribution in [0, 0.1) is 11.7 Å². The molecule has 20 heavy (non-hydrogen) atoms. The first-order chi connectivity index (χ1) is 9.61. The molecule has 2 rings (SSSR count). The quantitative estimate of drug-likeness (QED) is 0.870. The van der Waals surface area contributed by atoms with Gasteiger partial charge in [-0.3, -0.25) is 4.90 Å². The zero-order valence-corrected chi connectivity index (χ0v) is 13.9. The Morgan fingerprint density at radius 2 is 2.30 bits per heavy atom. The molecular formula is C16H24BrFN2. The number of benzene rings is 1. The number of rotatable bonds is 5. The zero-order valence-electron chi connectivity index (χ0n) is 12.3. The van der Waals surface area contributed by atoms with Crippen molar-refractivity contribution in [1.82, 2.24) is 10.2 Å². The number of nitrogens with zero attached hydrogens (tertiary/aromatic N) is 1. The van der Waals surface area contributed by atoms with Crippen molar-refractivity contribution < 1.29 is 4.39 Å². The van der Waals surface area contributed by atoms with E-state index in [0.717, 1.165) is 42.1 Å². The molecule has 4 heteroatoms. The molecule has 112 valence electrons. The van der Waals surface area contributed by atoms with Gasteiger partial charge in [0.25, 0.3) is 0 Å². The largest absolute Gasteiger partial charge is 0.316 e. The highest BCUT2D eigenvalue weighted by atomic mass is 79.9. The first kappa shape index (κ1) is 15.9. The second kappa shape index (κ2) is 7.53. The Balaban J connectivity index is 2.05. The van der Waals surface area contributed by atoms with Crippen LogP contribution in [0.2, 0.25) is 0 Å². The van der Waals surface area contributed by atoms with Gasteiger partial charge in [0.15, 0.2) is 0 Å². The third-order valence-corrected chi connectivity index (χ3v) is 4.94. The minimum Gasteiger partial charge on any atom is -0.316 e. The number of halogens is 2. The fourth-order valence-corrected chi connectivity index (χ4v) is 3.69. The van der Waals surface area contributed by atoms with E-state index in [1.807, 2.05) is 6.07 Å². The van der Waals surface area contributed by atoms with Gasteiger partial charge >= 0.3 is 0 Å². The van der Waals surface area contributed by atoms with Crippen LogP contribution in [-0.4, -0.2) is 31.1 Å². The molecule has 0 aromatic heterocycles. The van der Waals surface area contributed by atoms with Crippen LogP contribution < -0.4 is 5.32 Å². The predicted molar refractivity (Wildman–Crippen MR) is 85.4 cm³/mol. The third kappa shape index (κ3) is 4.03. The predicted octanol–water partition coefficient (Wildman–Crippen LogP) is 3.97. The van der Waals surface area contributed by atoms with E-state index in [9.17, 15) is 4.39 Å². The second-order valence-electron chi connectivity index (χ2n) is 5.64. The lowest BCUT2D eigenvalue weighted by molar-refractivity contribution is 0.170. The average Bonchev–Trinajstić information content (AvgIpc) is 2.45. The molecule has 2 unspecified atom stereocenters. The summed E-state index contributed by atoms with van der Waals surface area (Å²) in [4.78, 5) is 2.48. The van der Waals surface area contributed by atoms with E-state index in [-0.39, 0.29) is 5.82 Å². The molecule has 0 bridgehead atoms. The summed E-state index contributed by atoms with van der Waals surface area (Å²) < 4.78 is 14.1. The van der Waals surface area contributed by atoms with Crippen molar-refractivity contribution in [2.45, 2.75) is 32.7 Å². The van der Waals surface area contributed by atoms with Crippen molar-refractivity contribution >= 4 is 15.9 Å². The summed E-state index contributed by atoms with van der Waals surface area (Å²) in [5.41, 5.74) is 1.16. The molecule has 1 aromatic rings. The molecule has 0 radical (unpaired) electrons. The van der Waals surface area contributed by atoms with Crippen molar-refractivity contribution in [3.05, 3.63) is 34.1 Å². The van der Waals surface area contributed by atoms with Gasteiger partial charge in [0, 0.05) is 17.1 Å². The molecule has 0 aliphatic carbocycles. The topological polar surface area (TPSA) is 15.3 Å². The lowest BCUT2D eigenvalue weighted by Crippen LogP contribution is -2.39. The van der Waals surface area contributed by atoms with Crippen LogP contribution in [0.15, 0.2) is 22.7 Å². The highest BCUT2D eigenvalue weighted by Gasteiger charge is 2.21. The second-order valence-corrected chi connectivity index (χ2v) is 6.50. The van der Waals surface area contributed by atoms with Crippen LogP contribution >= 0.6 is 15.9 Å².